The van der Waals surface area contributed by atoms with E-state index in [1.807, 2.05) is 39.2 Å². The molecule has 0 saturated heterocycles. The maximum Gasteiger partial charge on any atom is 0.220 e. The lowest BCUT2D eigenvalue weighted by Gasteiger charge is -2.24. The fraction of sp³-hybridized carbons (Fsp3) is 0.421. The van der Waals surface area contributed by atoms with Gasteiger partial charge in [-0.25, -0.2) is 0 Å². The summed E-state index contributed by atoms with van der Waals surface area (Å²) in [4.78, 5) is 14.2. The molecule has 1 aromatic heterocycles. The summed E-state index contributed by atoms with van der Waals surface area (Å²) in [6, 6.07) is 7.88. The zero-order valence-corrected chi connectivity index (χ0v) is 16.5. The van der Waals surface area contributed by atoms with Crippen molar-refractivity contribution in [2.24, 2.45) is 0 Å². The van der Waals surface area contributed by atoms with Crippen LogP contribution in [0.2, 0.25) is 5.02 Å². The van der Waals surface area contributed by atoms with Crippen molar-refractivity contribution in [3.8, 4) is 5.75 Å². The van der Waals surface area contributed by atoms with E-state index in [1.165, 1.54) is 5.56 Å². The number of thiophene rings is 1. The number of nitrogens with one attached hydrogen (secondary N) is 1. The van der Waals surface area contributed by atoms with Gasteiger partial charge in [0.1, 0.15) is 5.75 Å². The second kappa shape index (κ2) is 9.80. The number of ether oxygens (including phenoxy) is 1. The highest BCUT2D eigenvalue weighted by Gasteiger charge is 2.15. The molecule has 1 heterocycles. The quantitative estimate of drug-likeness (QED) is 0.660. The van der Waals surface area contributed by atoms with Crippen molar-refractivity contribution in [3.05, 3.63) is 51.2 Å². The molecule has 1 aromatic carbocycles. The standard InChI is InChI=1S/C19H25ClN2O2S/c1-14-11-16(6-7-17(14)20)24-9-4-5-19(23)21-12-18(22(2)3)15-8-10-25-13-15/h6-8,10-11,13,18H,4-5,9,12H2,1-3H3,(H,21,23). The molecule has 4 nitrogen and oxygen atoms in total. The Morgan fingerprint density at radius 3 is 2.80 bits per heavy atom. The van der Waals surface area contributed by atoms with Crippen LogP contribution < -0.4 is 10.1 Å². The second-order valence-corrected chi connectivity index (χ2v) is 7.39. The first-order chi connectivity index (χ1) is 12.0. The molecule has 0 bridgehead atoms. The number of carbonyl (C=O) groups is 1. The molecule has 25 heavy (non-hydrogen) atoms. The molecule has 0 aliphatic carbocycles. The molecule has 1 amide bonds. The predicted molar refractivity (Wildman–Crippen MR) is 105 cm³/mol. The molecular weight excluding hydrogens is 356 g/mol. The minimum atomic E-state index is 0.0537. The van der Waals surface area contributed by atoms with Gasteiger partial charge >= 0.3 is 0 Å². The van der Waals surface area contributed by atoms with E-state index in [9.17, 15) is 4.79 Å². The van der Waals surface area contributed by atoms with Crippen molar-refractivity contribution in [1.82, 2.24) is 10.2 Å². The normalized spacial score (nSPS) is 12.2. The number of benzene rings is 1. The molecule has 0 spiro atoms. The number of rotatable bonds is 9. The zero-order valence-electron chi connectivity index (χ0n) is 14.9. The van der Waals surface area contributed by atoms with E-state index in [2.05, 4.69) is 27.0 Å². The smallest absolute Gasteiger partial charge is 0.220 e. The van der Waals surface area contributed by atoms with Crippen molar-refractivity contribution in [2.45, 2.75) is 25.8 Å². The van der Waals surface area contributed by atoms with E-state index < -0.39 is 0 Å². The van der Waals surface area contributed by atoms with E-state index in [0.29, 0.717) is 26.0 Å². The lowest BCUT2D eigenvalue weighted by atomic mass is 10.1. The Hall–Kier alpha value is -1.56. The van der Waals surface area contributed by atoms with Crippen LogP contribution in [-0.4, -0.2) is 38.1 Å². The van der Waals surface area contributed by atoms with Crippen LogP contribution in [0.25, 0.3) is 0 Å². The number of hydrogen-bond donors (Lipinski definition) is 1. The van der Waals surface area contributed by atoms with E-state index in [4.69, 9.17) is 16.3 Å². The van der Waals surface area contributed by atoms with Gasteiger partial charge in [-0.3, -0.25) is 4.79 Å². The van der Waals surface area contributed by atoms with Crippen LogP contribution in [-0.2, 0) is 4.79 Å². The van der Waals surface area contributed by atoms with Gasteiger partial charge in [-0.15, -0.1) is 0 Å². The SMILES string of the molecule is Cc1cc(OCCCC(=O)NCC(c2ccsc2)N(C)C)ccc1Cl. The summed E-state index contributed by atoms with van der Waals surface area (Å²) in [5.74, 6) is 0.838. The molecule has 0 aliphatic rings. The number of nitrogens with zero attached hydrogens (tertiary/aromatic N) is 1. The van der Waals surface area contributed by atoms with E-state index in [-0.39, 0.29) is 11.9 Å². The van der Waals surface area contributed by atoms with Gasteiger partial charge in [0.05, 0.1) is 12.6 Å². The molecule has 0 saturated carbocycles. The number of aryl methyl sites for hydroxylation is 1. The third-order valence-electron chi connectivity index (χ3n) is 3.99. The van der Waals surface area contributed by atoms with E-state index in [0.717, 1.165) is 16.3 Å². The summed E-state index contributed by atoms with van der Waals surface area (Å²) in [6.45, 7) is 3.06. The summed E-state index contributed by atoms with van der Waals surface area (Å²) < 4.78 is 5.67. The van der Waals surface area contributed by atoms with Gasteiger partial charge in [-0.1, -0.05) is 11.6 Å². The van der Waals surface area contributed by atoms with Gasteiger partial charge in [0.2, 0.25) is 5.91 Å². The van der Waals surface area contributed by atoms with Gasteiger partial charge in [0, 0.05) is 18.0 Å². The summed E-state index contributed by atoms with van der Waals surface area (Å²) in [5.41, 5.74) is 2.22. The number of hydrogen-bond acceptors (Lipinski definition) is 4. The fourth-order valence-corrected chi connectivity index (χ4v) is 3.32. The monoisotopic (exact) mass is 380 g/mol. The molecule has 0 fully saturated rings. The number of carbonyl (C=O) groups excluding carboxylic acids is 1. The van der Waals surface area contributed by atoms with Crippen molar-refractivity contribution >= 4 is 28.8 Å². The van der Waals surface area contributed by atoms with Crippen molar-refractivity contribution < 1.29 is 9.53 Å². The summed E-state index contributed by atoms with van der Waals surface area (Å²) >= 11 is 7.66. The fourth-order valence-electron chi connectivity index (χ4n) is 2.49. The lowest BCUT2D eigenvalue weighted by Crippen LogP contribution is -2.34. The highest BCUT2D eigenvalue weighted by Crippen LogP contribution is 2.21. The lowest BCUT2D eigenvalue weighted by molar-refractivity contribution is -0.121. The first-order valence-electron chi connectivity index (χ1n) is 8.31. The summed E-state index contributed by atoms with van der Waals surface area (Å²) in [6.07, 6.45) is 1.13. The Kier molecular flexibility index (Phi) is 7.75. The van der Waals surface area contributed by atoms with Gasteiger partial charge in [0.25, 0.3) is 0 Å². The average molecular weight is 381 g/mol. The second-order valence-electron chi connectivity index (χ2n) is 6.20. The van der Waals surface area contributed by atoms with Crippen molar-refractivity contribution in [2.75, 3.05) is 27.2 Å². The first kappa shape index (κ1) is 19.8. The predicted octanol–water partition coefficient (Wildman–Crippen LogP) is 4.29. The topological polar surface area (TPSA) is 41.6 Å². The zero-order chi connectivity index (χ0) is 18.2. The number of amides is 1. The Morgan fingerprint density at radius 2 is 2.16 bits per heavy atom. The number of halogens is 1. The highest BCUT2D eigenvalue weighted by molar-refractivity contribution is 7.07. The molecule has 0 radical (unpaired) electrons. The van der Waals surface area contributed by atoms with Crippen LogP contribution in [0.1, 0.15) is 30.0 Å². The van der Waals surface area contributed by atoms with Gasteiger partial charge in [-0.2, -0.15) is 11.3 Å². The van der Waals surface area contributed by atoms with Crippen molar-refractivity contribution in [1.29, 1.82) is 0 Å². The Bertz CT molecular complexity index is 674. The van der Waals surface area contributed by atoms with Crippen LogP contribution in [0.4, 0.5) is 0 Å². The third kappa shape index (κ3) is 6.34. The van der Waals surface area contributed by atoms with E-state index >= 15 is 0 Å². The molecule has 2 aromatic rings. The molecule has 1 atom stereocenters. The van der Waals surface area contributed by atoms with Gasteiger partial charge in [-0.05, 0) is 73.6 Å². The van der Waals surface area contributed by atoms with Crippen LogP contribution in [0.3, 0.4) is 0 Å². The molecule has 6 heteroatoms. The van der Waals surface area contributed by atoms with Crippen LogP contribution in [0.15, 0.2) is 35.0 Å². The molecule has 0 aliphatic heterocycles. The maximum absolute atomic E-state index is 12.0. The summed E-state index contributed by atoms with van der Waals surface area (Å²) in [7, 11) is 4.05. The van der Waals surface area contributed by atoms with Crippen molar-refractivity contribution in [3.63, 3.8) is 0 Å². The Labute approximate surface area is 158 Å². The molecule has 136 valence electrons. The highest BCUT2D eigenvalue weighted by atomic mass is 35.5. The minimum Gasteiger partial charge on any atom is -0.494 e. The maximum atomic E-state index is 12.0. The Balaban J connectivity index is 1.69. The third-order valence-corrected chi connectivity index (χ3v) is 5.12. The molecule has 1 unspecified atom stereocenters. The largest absolute Gasteiger partial charge is 0.494 e. The summed E-state index contributed by atoms with van der Waals surface area (Å²) in [5, 5.41) is 7.93. The van der Waals surface area contributed by atoms with Crippen LogP contribution in [0.5, 0.6) is 5.75 Å². The Morgan fingerprint density at radius 1 is 1.36 bits per heavy atom. The van der Waals surface area contributed by atoms with E-state index in [1.54, 1.807) is 11.3 Å². The van der Waals surface area contributed by atoms with Crippen LogP contribution in [0, 0.1) is 6.92 Å². The van der Waals surface area contributed by atoms with Gasteiger partial charge in [0.15, 0.2) is 0 Å². The molecule has 2 rings (SSSR count). The average Bonchev–Trinajstić information content (AvgIpc) is 3.09. The van der Waals surface area contributed by atoms with Crippen LogP contribution >= 0.6 is 22.9 Å². The minimum absolute atomic E-state index is 0.0537. The molecular formula is C19H25ClN2O2S. The van der Waals surface area contributed by atoms with Gasteiger partial charge < -0.3 is 15.0 Å². The number of likely N-dealkylation sites (N-methyl/N-ethyl adjacent to an activating group) is 1. The molecule has 1 N–H and O–H groups in total. The first-order valence-corrected chi connectivity index (χ1v) is 9.63.